The van der Waals surface area contributed by atoms with Crippen molar-refractivity contribution >= 4 is 11.8 Å². The third-order valence-corrected chi connectivity index (χ3v) is 2.16. The van der Waals surface area contributed by atoms with E-state index in [4.69, 9.17) is 11.5 Å². The van der Waals surface area contributed by atoms with E-state index in [1.165, 1.54) is 0 Å². The topological polar surface area (TPSA) is 53.4 Å². The molecule has 0 aliphatic rings. The lowest BCUT2D eigenvalue weighted by molar-refractivity contribution is 0.0690. The highest BCUT2D eigenvalue weighted by Gasteiger charge is 2.09. The van der Waals surface area contributed by atoms with Gasteiger partial charge in [0.05, 0.1) is 0 Å². The molecule has 84 valence electrons. The van der Waals surface area contributed by atoms with Crippen LogP contribution < -0.4 is 4.90 Å². The van der Waals surface area contributed by atoms with E-state index in [0.717, 1.165) is 5.56 Å². The molecular weight excluding hydrogens is 204 g/mol. The summed E-state index contributed by atoms with van der Waals surface area (Å²) in [6, 6.07) is 3.38. The van der Waals surface area contributed by atoms with Gasteiger partial charge in [0, 0.05) is 20.0 Å². The van der Waals surface area contributed by atoms with E-state index in [0.29, 0.717) is 18.8 Å². The Hall–Kier alpha value is -2.02. The number of hydrogen-bond acceptors (Lipinski definition) is 3. The summed E-state index contributed by atoms with van der Waals surface area (Å²) in [4.78, 5) is 16.7. The molecule has 4 heteroatoms. The zero-order valence-electron chi connectivity index (χ0n) is 9.40. The number of anilines is 1. The molecule has 0 unspecified atom stereocenters. The van der Waals surface area contributed by atoms with E-state index in [2.05, 4.69) is 10.9 Å². The minimum atomic E-state index is -1.02. The number of terminal acetylenes is 1. The monoisotopic (exact) mass is 218 g/mol. The van der Waals surface area contributed by atoms with E-state index in [-0.39, 0.29) is 5.69 Å². The summed E-state index contributed by atoms with van der Waals surface area (Å²) >= 11 is 0. The van der Waals surface area contributed by atoms with Gasteiger partial charge in [-0.05, 0) is 24.6 Å². The zero-order chi connectivity index (χ0) is 12.1. The van der Waals surface area contributed by atoms with Crippen LogP contribution in [0.3, 0.4) is 0 Å². The number of aromatic nitrogens is 1. The molecule has 0 fully saturated rings. The van der Waals surface area contributed by atoms with Crippen LogP contribution in [0.1, 0.15) is 22.5 Å². The summed E-state index contributed by atoms with van der Waals surface area (Å²) < 4.78 is 0. The summed E-state index contributed by atoms with van der Waals surface area (Å²) in [5.74, 6) is 2.15. The number of rotatable bonds is 4. The number of pyridine rings is 1. The Morgan fingerprint density at radius 1 is 1.62 bits per heavy atom. The van der Waals surface area contributed by atoms with E-state index >= 15 is 0 Å². The molecule has 0 aliphatic heterocycles. The molecule has 1 heterocycles. The number of carbonyl (C=O) groups is 1. The van der Waals surface area contributed by atoms with Crippen molar-refractivity contribution in [2.24, 2.45) is 0 Å². The first-order chi connectivity index (χ1) is 7.54. The predicted octanol–water partition coefficient (Wildman–Crippen LogP) is 1.55. The van der Waals surface area contributed by atoms with Gasteiger partial charge in [-0.15, -0.1) is 12.3 Å². The van der Waals surface area contributed by atoms with Crippen molar-refractivity contribution in [2.45, 2.75) is 13.3 Å². The Morgan fingerprint density at radius 3 is 2.88 bits per heavy atom. The smallest absolute Gasteiger partial charge is 0.354 e. The van der Waals surface area contributed by atoms with Crippen LogP contribution in [0.2, 0.25) is 0 Å². The van der Waals surface area contributed by atoms with Gasteiger partial charge in [-0.3, -0.25) is 0 Å². The normalized spacial score (nSPS) is 9.56. The summed E-state index contributed by atoms with van der Waals surface area (Å²) in [6.45, 7) is 2.50. The van der Waals surface area contributed by atoms with Crippen molar-refractivity contribution in [1.29, 1.82) is 0 Å². The number of nitrogens with zero attached hydrogens (tertiary/aromatic N) is 2. The van der Waals surface area contributed by atoms with Crippen molar-refractivity contribution in [1.82, 2.24) is 4.98 Å². The maximum atomic E-state index is 10.8. The maximum absolute atomic E-state index is 10.8. The van der Waals surface area contributed by atoms with Gasteiger partial charge in [0.2, 0.25) is 0 Å². The Kier molecular flexibility index (Phi) is 3.90. The highest BCUT2D eigenvalue weighted by Crippen LogP contribution is 2.13. The second-order valence-corrected chi connectivity index (χ2v) is 3.57. The minimum Gasteiger partial charge on any atom is -0.477 e. The number of hydrogen-bond donors (Lipinski definition) is 1. The van der Waals surface area contributed by atoms with Gasteiger partial charge in [-0.1, -0.05) is 0 Å². The molecule has 1 N–H and O–H groups in total. The molecule has 16 heavy (non-hydrogen) atoms. The number of aromatic carboxylic acids is 1. The van der Waals surface area contributed by atoms with Crippen molar-refractivity contribution in [3.63, 3.8) is 0 Å². The molecule has 4 nitrogen and oxygen atoms in total. The third-order valence-electron chi connectivity index (χ3n) is 2.16. The molecule has 1 aromatic rings. The largest absolute Gasteiger partial charge is 0.477 e. The van der Waals surface area contributed by atoms with Gasteiger partial charge < -0.3 is 10.0 Å². The molecule has 0 aliphatic carbocycles. The van der Waals surface area contributed by atoms with Crippen LogP contribution in [0.25, 0.3) is 0 Å². The van der Waals surface area contributed by atoms with Crippen molar-refractivity contribution in [2.75, 3.05) is 18.5 Å². The first-order valence-corrected chi connectivity index (χ1v) is 4.91. The second kappa shape index (κ2) is 5.17. The first kappa shape index (κ1) is 12.1. The Balaban J connectivity index is 2.96. The fourth-order valence-corrected chi connectivity index (χ4v) is 1.30. The Labute approximate surface area is 94.9 Å². The fraction of sp³-hybridized carbons (Fsp3) is 0.333. The number of carboxylic acid groups (broad SMARTS) is 1. The molecule has 0 amide bonds. The molecule has 0 radical (unpaired) electrons. The Bertz CT molecular complexity index is 435. The molecule has 1 rings (SSSR count). The van der Waals surface area contributed by atoms with Gasteiger partial charge in [-0.25, -0.2) is 9.78 Å². The molecule has 0 saturated carbocycles. The van der Waals surface area contributed by atoms with E-state index in [9.17, 15) is 4.79 Å². The van der Waals surface area contributed by atoms with Crippen molar-refractivity contribution < 1.29 is 9.90 Å². The quantitative estimate of drug-likeness (QED) is 0.779. The second-order valence-electron chi connectivity index (χ2n) is 3.57. The lowest BCUT2D eigenvalue weighted by atomic mass is 10.2. The maximum Gasteiger partial charge on any atom is 0.354 e. The average molecular weight is 218 g/mol. The minimum absolute atomic E-state index is 0.0579. The van der Waals surface area contributed by atoms with Crippen molar-refractivity contribution in [3.8, 4) is 12.3 Å². The summed E-state index contributed by atoms with van der Waals surface area (Å²) in [6.07, 6.45) is 5.78. The number of carboxylic acids is 1. The van der Waals surface area contributed by atoms with Crippen LogP contribution in [0.15, 0.2) is 12.1 Å². The molecule has 0 spiro atoms. The lowest BCUT2D eigenvalue weighted by Crippen LogP contribution is -2.20. The highest BCUT2D eigenvalue weighted by molar-refractivity contribution is 5.86. The van der Waals surface area contributed by atoms with Crippen LogP contribution in [0.5, 0.6) is 0 Å². The molecule has 0 bridgehead atoms. The third kappa shape index (κ3) is 2.99. The predicted molar refractivity (Wildman–Crippen MR) is 62.7 cm³/mol. The summed E-state index contributed by atoms with van der Waals surface area (Å²) in [7, 11) is 1.84. The Morgan fingerprint density at radius 2 is 2.31 bits per heavy atom. The fourth-order valence-electron chi connectivity index (χ4n) is 1.30. The van der Waals surface area contributed by atoms with E-state index in [1.807, 2.05) is 24.9 Å². The molecular formula is C12H14N2O2. The van der Waals surface area contributed by atoms with E-state index < -0.39 is 5.97 Å². The van der Waals surface area contributed by atoms with Gasteiger partial charge in [0.15, 0.2) is 5.69 Å². The van der Waals surface area contributed by atoms with Crippen LogP contribution in [-0.2, 0) is 0 Å². The number of aryl methyl sites for hydroxylation is 1. The summed E-state index contributed by atoms with van der Waals surface area (Å²) in [5, 5.41) is 8.88. The first-order valence-electron chi connectivity index (χ1n) is 4.91. The van der Waals surface area contributed by atoms with Crippen LogP contribution in [-0.4, -0.2) is 29.7 Å². The lowest BCUT2D eigenvalue weighted by Gasteiger charge is -2.17. The summed E-state index contributed by atoms with van der Waals surface area (Å²) in [5.41, 5.74) is 0.928. The molecule has 0 saturated heterocycles. The average Bonchev–Trinajstić information content (AvgIpc) is 2.24. The van der Waals surface area contributed by atoms with Crippen LogP contribution in [0, 0.1) is 19.3 Å². The molecule has 0 aromatic carbocycles. The zero-order valence-corrected chi connectivity index (χ0v) is 9.40. The van der Waals surface area contributed by atoms with Gasteiger partial charge >= 0.3 is 5.97 Å². The highest BCUT2D eigenvalue weighted by atomic mass is 16.4. The SMILES string of the molecule is C#CCCN(C)c1cc(C)cc(C(=O)O)n1. The van der Waals surface area contributed by atoms with Crippen LogP contribution in [0.4, 0.5) is 5.82 Å². The van der Waals surface area contributed by atoms with Gasteiger partial charge in [0.25, 0.3) is 0 Å². The van der Waals surface area contributed by atoms with Gasteiger partial charge in [0.1, 0.15) is 5.82 Å². The van der Waals surface area contributed by atoms with Crippen LogP contribution >= 0.6 is 0 Å². The standard InChI is InChI=1S/C12H14N2O2/c1-4-5-6-14(3)11-8-9(2)7-10(13-11)12(15)16/h1,7-8H,5-6H2,2-3H3,(H,15,16). The van der Waals surface area contributed by atoms with Crippen molar-refractivity contribution in [3.05, 3.63) is 23.4 Å². The molecule has 0 atom stereocenters. The van der Waals surface area contributed by atoms with Gasteiger partial charge in [-0.2, -0.15) is 0 Å². The molecule has 1 aromatic heterocycles. The van der Waals surface area contributed by atoms with E-state index in [1.54, 1.807) is 6.07 Å².